The predicted molar refractivity (Wildman–Crippen MR) is 67.4 cm³/mol. The number of rotatable bonds is 6. The molecule has 1 N–H and O–H groups in total. The first-order valence-electron chi connectivity index (χ1n) is 5.84. The van der Waals surface area contributed by atoms with Crippen LogP contribution in [0.5, 0.6) is 0 Å². The minimum atomic E-state index is -0.186. The van der Waals surface area contributed by atoms with Gasteiger partial charge in [-0.3, -0.25) is 0 Å². The van der Waals surface area contributed by atoms with Crippen LogP contribution in [0.25, 0.3) is 0 Å². The number of nitrogens with zero attached hydrogens (tertiary/aromatic N) is 1. The number of halogens is 1. The van der Waals surface area contributed by atoms with Crippen molar-refractivity contribution in [2.45, 2.75) is 26.3 Å². The van der Waals surface area contributed by atoms with Crippen LogP contribution >= 0.6 is 0 Å². The van der Waals surface area contributed by atoms with E-state index in [2.05, 4.69) is 24.1 Å². The highest BCUT2D eigenvalue weighted by atomic mass is 19.1. The highest BCUT2D eigenvalue weighted by Gasteiger charge is 2.09. The first kappa shape index (κ1) is 13.0. The molecule has 1 unspecified atom stereocenters. The number of hydrogen-bond donors (Lipinski definition) is 1. The standard InChI is InChI=1S/C13H21FN2/c1-4-9-15-10-11(2)16(3)13-7-5-12(14)6-8-13/h5-8,11,15H,4,9-10H2,1-3H3. The molecule has 1 rings (SSSR count). The van der Waals surface area contributed by atoms with Crippen molar-refractivity contribution in [1.82, 2.24) is 5.32 Å². The Balaban J connectivity index is 2.49. The van der Waals surface area contributed by atoms with Crippen molar-refractivity contribution in [3.63, 3.8) is 0 Å². The average Bonchev–Trinajstić information content (AvgIpc) is 2.29. The zero-order chi connectivity index (χ0) is 12.0. The highest BCUT2D eigenvalue weighted by molar-refractivity contribution is 5.46. The Hall–Kier alpha value is -1.09. The van der Waals surface area contributed by atoms with E-state index >= 15 is 0 Å². The van der Waals surface area contributed by atoms with E-state index in [4.69, 9.17) is 0 Å². The molecule has 90 valence electrons. The van der Waals surface area contributed by atoms with Crippen molar-refractivity contribution in [3.05, 3.63) is 30.1 Å². The van der Waals surface area contributed by atoms with Gasteiger partial charge in [-0.15, -0.1) is 0 Å². The van der Waals surface area contributed by atoms with Gasteiger partial charge in [-0.25, -0.2) is 4.39 Å². The van der Waals surface area contributed by atoms with Crippen LogP contribution in [0.1, 0.15) is 20.3 Å². The molecule has 0 heterocycles. The minimum Gasteiger partial charge on any atom is -0.371 e. The van der Waals surface area contributed by atoms with Gasteiger partial charge in [0, 0.05) is 25.3 Å². The number of hydrogen-bond acceptors (Lipinski definition) is 2. The van der Waals surface area contributed by atoms with Gasteiger partial charge in [-0.2, -0.15) is 0 Å². The normalized spacial score (nSPS) is 12.5. The molecule has 0 aliphatic rings. The molecule has 0 radical (unpaired) electrons. The summed E-state index contributed by atoms with van der Waals surface area (Å²) in [5.74, 6) is -0.186. The Bertz CT molecular complexity index is 297. The van der Waals surface area contributed by atoms with Gasteiger partial charge in [0.2, 0.25) is 0 Å². The topological polar surface area (TPSA) is 15.3 Å². The lowest BCUT2D eigenvalue weighted by atomic mass is 10.2. The quantitative estimate of drug-likeness (QED) is 0.747. The van der Waals surface area contributed by atoms with E-state index in [0.29, 0.717) is 6.04 Å². The van der Waals surface area contributed by atoms with Crippen molar-refractivity contribution in [1.29, 1.82) is 0 Å². The Morgan fingerprint density at radius 2 is 1.94 bits per heavy atom. The van der Waals surface area contributed by atoms with Gasteiger partial charge in [0.05, 0.1) is 0 Å². The molecule has 0 saturated carbocycles. The largest absolute Gasteiger partial charge is 0.371 e. The van der Waals surface area contributed by atoms with E-state index in [9.17, 15) is 4.39 Å². The Morgan fingerprint density at radius 1 is 1.31 bits per heavy atom. The van der Waals surface area contributed by atoms with Crippen molar-refractivity contribution < 1.29 is 4.39 Å². The summed E-state index contributed by atoms with van der Waals surface area (Å²) >= 11 is 0. The van der Waals surface area contributed by atoms with E-state index < -0.39 is 0 Å². The zero-order valence-corrected chi connectivity index (χ0v) is 10.3. The van der Waals surface area contributed by atoms with Crippen LogP contribution in [0.2, 0.25) is 0 Å². The molecule has 1 aromatic rings. The molecular formula is C13H21FN2. The summed E-state index contributed by atoms with van der Waals surface area (Å²) in [4.78, 5) is 2.15. The Labute approximate surface area is 97.5 Å². The lowest BCUT2D eigenvalue weighted by Crippen LogP contribution is -2.38. The Morgan fingerprint density at radius 3 is 2.50 bits per heavy atom. The first-order chi connectivity index (χ1) is 7.65. The second kappa shape index (κ2) is 6.48. The van der Waals surface area contributed by atoms with Crippen molar-refractivity contribution in [2.24, 2.45) is 0 Å². The molecule has 2 nitrogen and oxygen atoms in total. The summed E-state index contributed by atoms with van der Waals surface area (Å²) in [5, 5.41) is 3.38. The average molecular weight is 224 g/mol. The molecule has 0 bridgehead atoms. The number of benzene rings is 1. The maximum absolute atomic E-state index is 12.8. The van der Waals surface area contributed by atoms with Crippen molar-refractivity contribution in [2.75, 3.05) is 25.0 Å². The van der Waals surface area contributed by atoms with Gasteiger partial charge in [0.25, 0.3) is 0 Å². The van der Waals surface area contributed by atoms with Gasteiger partial charge in [-0.05, 0) is 44.2 Å². The number of anilines is 1. The van der Waals surface area contributed by atoms with Crippen LogP contribution in [0, 0.1) is 5.82 Å². The van der Waals surface area contributed by atoms with E-state index in [1.807, 2.05) is 19.2 Å². The van der Waals surface area contributed by atoms with E-state index in [1.54, 1.807) is 0 Å². The van der Waals surface area contributed by atoms with Crippen molar-refractivity contribution >= 4 is 5.69 Å². The van der Waals surface area contributed by atoms with Gasteiger partial charge < -0.3 is 10.2 Å². The monoisotopic (exact) mass is 224 g/mol. The van der Waals surface area contributed by atoms with Crippen LogP contribution in [-0.2, 0) is 0 Å². The fourth-order valence-corrected chi connectivity index (χ4v) is 1.56. The Kier molecular flexibility index (Phi) is 5.26. The summed E-state index contributed by atoms with van der Waals surface area (Å²) in [7, 11) is 2.03. The third-order valence-electron chi connectivity index (χ3n) is 2.76. The number of nitrogens with one attached hydrogen (secondary N) is 1. The van der Waals surface area contributed by atoms with Crippen molar-refractivity contribution in [3.8, 4) is 0 Å². The third kappa shape index (κ3) is 3.81. The third-order valence-corrected chi connectivity index (χ3v) is 2.76. The van der Waals surface area contributed by atoms with Gasteiger partial charge in [-0.1, -0.05) is 6.92 Å². The molecule has 0 spiro atoms. The van der Waals surface area contributed by atoms with Gasteiger partial charge in [0.15, 0.2) is 0 Å². The summed E-state index contributed by atoms with van der Waals surface area (Å²) in [5.41, 5.74) is 1.05. The smallest absolute Gasteiger partial charge is 0.123 e. The van der Waals surface area contributed by atoms with Crippen LogP contribution in [0.15, 0.2) is 24.3 Å². The molecule has 1 atom stereocenters. The summed E-state index contributed by atoms with van der Waals surface area (Å²) in [6.45, 7) is 6.30. The maximum Gasteiger partial charge on any atom is 0.123 e. The summed E-state index contributed by atoms with van der Waals surface area (Å²) in [6, 6.07) is 7.02. The SMILES string of the molecule is CCCNCC(C)N(C)c1ccc(F)cc1. The minimum absolute atomic E-state index is 0.186. The summed E-state index contributed by atoms with van der Waals surface area (Å²) in [6.07, 6.45) is 1.15. The lowest BCUT2D eigenvalue weighted by molar-refractivity contribution is 0.581. The van der Waals surface area contributed by atoms with Crippen LogP contribution in [-0.4, -0.2) is 26.2 Å². The van der Waals surface area contributed by atoms with Gasteiger partial charge >= 0.3 is 0 Å². The van der Waals surface area contributed by atoms with Crippen LogP contribution in [0.3, 0.4) is 0 Å². The molecule has 1 aromatic carbocycles. The second-order valence-electron chi connectivity index (χ2n) is 4.14. The molecule has 0 aliphatic heterocycles. The van der Waals surface area contributed by atoms with Crippen LogP contribution in [0.4, 0.5) is 10.1 Å². The fourth-order valence-electron chi connectivity index (χ4n) is 1.56. The first-order valence-corrected chi connectivity index (χ1v) is 5.84. The predicted octanol–water partition coefficient (Wildman–Crippen LogP) is 2.65. The molecule has 0 aromatic heterocycles. The fraction of sp³-hybridized carbons (Fsp3) is 0.538. The lowest BCUT2D eigenvalue weighted by Gasteiger charge is -2.27. The molecule has 0 amide bonds. The number of likely N-dealkylation sites (N-methyl/N-ethyl adjacent to an activating group) is 1. The molecular weight excluding hydrogens is 203 g/mol. The zero-order valence-electron chi connectivity index (χ0n) is 10.3. The van der Waals surface area contributed by atoms with E-state index in [0.717, 1.165) is 25.2 Å². The molecule has 0 aliphatic carbocycles. The molecule has 16 heavy (non-hydrogen) atoms. The van der Waals surface area contributed by atoms with E-state index in [1.165, 1.54) is 12.1 Å². The van der Waals surface area contributed by atoms with E-state index in [-0.39, 0.29) is 5.82 Å². The van der Waals surface area contributed by atoms with Crippen LogP contribution < -0.4 is 10.2 Å². The maximum atomic E-state index is 12.8. The second-order valence-corrected chi connectivity index (χ2v) is 4.14. The summed E-state index contributed by atoms with van der Waals surface area (Å²) < 4.78 is 12.8. The van der Waals surface area contributed by atoms with Gasteiger partial charge in [0.1, 0.15) is 5.82 Å². The molecule has 0 saturated heterocycles. The highest BCUT2D eigenvalue weighted by Crippen LogP contribution is 2.15. The molecule has 0 fully saturated rings. The molecule has 3 heteroatoms.